The molecule has 0 spiro atoms. The lowest BCUT2D eigenvalue weighted by Gasteiger charge is -2.38. The van der Waals surface area contributed by atoms with Crippen molar-refractivity contribution in [3.63, 3.8) is 0 Å². The minimum absolute atomic E-state index is 0.117. The average Bonchev–Trinajstić information content (AvgIpc) is 3.20. The van der Waals surface area contributed by atoms with Crippen LogP contribution < -0.4 is 0 Å². The van der Waals surface area contributed by atoms with Crippen molar-refractivity contribution in [2.24, 2.45) is 5.92 Å². The standard InChI is InChI=1S/C20H26ClNO5S/c1-2-27-18(23)15-6-5-13-22(14-15)19(24)20(11-3-4-12-20)28(25,26)17-9-7-16(21)8-10-17/h7-10,15H,2-6,11-14H2,1H3. The van der Waals surface area contributed by atoms with Gasteiger partial charge in [0.1, 0.15) is 0 Å². The van der Waals surface area contributed by atoms with Crippen LogP contribution in [-0.2, 0) is 24.2 Å². The summed E-state index contributed by atoms with van der Waals surface area (Å²) >= 11 is 5.90. The number of likely N-dealkylation sites (tertiary alicyclic amines) is 1. The molecule has 0 N–H and O–H groups in total. The van der Waals surface area contributed by atoms with Crippen molar-refractivity contribution in [2.45, 2.75) is 55.1 Å². The van der Waals surface area contributed by atoms with Crippen molar-refractivity contribution in [2.75, 3.05) is 19.7 Å². The van der Waals surface area contributed by atoms with Gasteiger partial charge >= 0.3 is 5.97 Å². The highest BCUT2D eigenvalue weighted by atomic mass is 35.5. The number of amides is 1. The number of carbonyl (C=O) groups excluding carboxylic acids is 2. The topological polar surface area (TPSA) is 80.8 Å². The van der Waals surface area contributed by atoms with Crippen LogP contribution in [0.2, 0.25) is 5.02 Å². The number of esters is 1. The van der Waals surface area contributed by atoms with Crippen LogP contribution in [0, 0.1) is 5.92 Å². The van der Waals surface area contributed by atoms with Gasteiger partial charge < -0.3 is 9.64 Å². The number of sulfone groups is 1. The molecule has 2 fully saturated rings. The first-order valence-electron chi connectivity index (χ1n) is 9.78. The number of hydrogen-bond donors (Lipinski definition) is 0. The molecule has 0 bridgehead atoms. The van der Waals surface area contributed by atoms with Crippen molar-refractivity contribution in [3.05, 3.63) is 29.3 Å². The summed E-state index contributed by atoms with van der Waals surface area (Å²) < 4.78 is 30.6. The molecule has 1 aliphatic carbocycles. The first-order valence-corrected chi connectivity index (χ1v) is 11.6. The van der Waals surface area contributed by atoms with E-state index in [-0.39, 0.29) is 29.9 Å². The summed E-state index contributed by atoms with van der Waals surface area (Å²) in [5.41, 5.74) is 0. The molecular weight excluding hydrogens is 402 g/mol. The SMILES string of the molecule is CCOC(=O)C1CCCN(C(=O)C2(S(=O)(=O)c3ccc(Cl)cc3)CCCC2)C1. The van der Waals surface area contributed by atoms with E-state index >= 15 is 0 Å². The summed E-state index contributed by atoms with van der Waals surface area (Å²) in [6, 6.07) is 5.98. The fourth-order valence-corrected chi connectivity index (χ4v) is 6.54. The Balaban J connectivity index is 1.90. The van der Waals surface area contributed by atoms with Gasteiger partial charge in [-0.2, -0.15) is 0 Å². The van der Waals surface area contributed by atoms with E-state index in [9.17, 15) is 18.0 Å². The molecule has 8 heteroatoms. The van der Waals surface area contributed by atoms with E-state index in [0.29, 0.717) is 50.1 Å². The summed E-state index contributed by atoms with van der Waals surface area (Å²) in [6.45, 7) is 2.72. The fourth-order valence-electron chi connectivity index (χ4n) is 4.29. The smallest absolute Gasteiger partial charge is 0.310 e. The van der Waals surface area contributed by atoms with E-state index in [1.165, 1.54) is 24.3 Å². The van der Waals surface area contributed by atoms with Crippen molar-refractivity contribution in [3.8, 4) is 0 Å². The maximum atomic E-state index is 13.5. The van der Waals surface area contributed by atoms with Crippen LogP contribution in [0.3, 0.4) is 0 Å². The molecular formula is C20H26ClNO5S. The molecule has 6 nitrogen and oxygen atoms in total. The molecule has 1 aromatic rings. The maximum absolute atomic E-state index is 13.5. The molecule has 1 atom stereocenters. The number of piperidine rings is 1. The number of halogens is 1. The molecule has 1 aliphatic heterocycles. The summed E-state index contributed by atoms with van der Waals surface area (Å²) in [5, 5.41) is 0.444. The van der Waals surface area contributed by atoms with Gasteiger partial charge in [-0.05, 0) is 56.9 Å². The van der Waals surface area contributed by atoms with Crippen molar-refractivity contribution in [1.82, 2.24) is 4.90 Å². The maximum Gasteiger partial charge on any atom is 0.310 e. The van der Waals surface area contributed by atoms with Gasteiger partial charge in [0.25, 0.3) is 0 Å². The van der Waals surface area contributed by atoms with Crippen LogP contribution >= 0.6 is 11.6 Å². The summed E-state index contributed by atoms with van der Waals surface area (Å²) in [5.74, 6) is -1.09. The number of rotatable bonds is 5. The number of ether oxygens (including phenoxy) is 1. The molecule has 154 valence electrons. The number of carbonyl (C=O) groups is 2. The summed E-state index contributed by atoms with van der Waals surface area (Å²) in [4.78, 5) is 27.3. The number of nitrogens with zero attached hydrogens (tertiary/aromatic N) is 1. The normalized spacial score (nSPS) is 22.1. The molecule has 28 heavy (non-hydrogen) atoms. The molecule has 1 heterocycles. The van der Waals surface area contributed by atoms with E-state index in [0.717, 1.165) is 0 Å². The van der Waals surface area contributed by atoms with Gasteiger partial charge in [-0.15, -0.1) is 0 Å². The number of benzene rings is 1. The summed E-state index contributed by atoms with van der Waals surface area (Å²) in [6.07, 6.45) is 3.29. The van der Waals surface area contributed by atoms with Crippen LogP contribution in [0.1, 0.15) is 45.4 Å². The zero-order valence-corrected chi connectivity index (χ0v) is 17.6. The Morgan fingerprint density at radius 1 is 1.18 bits per heavy atom. The Bertz CT molecular complexity index is 831. The number of hydrogen-bond acceptors (Lipinski definition) is 5. The molecule has 2 aliphatic rings. The van der Waals surface area contributed by atoms with E-state index < -0.39 is 20.5 Å². The first-order chi connectivity index (χ1) is 13.3. The van der Waals surface area contributed by atoms with Gasteiger partial charge in [0, 0.05) is 18.1 Å². The average molecular weight is 428 g/mol. The first kappa shape index (κ1) is 21.1. The van der Waals surface area contributed by atoms with Gasteiger partial charge in [-0.1, -0.05) is 24.4 Å². The highest BCUT2D eigenvalue weighted by molar-refractivity contribution is 7.93. The van der Waals surface area contributed by atoms with E-state index in [1.54, 1.807) is 11.8 Å². The van der Waals surface area contributed by atoms with E-state index in [2.05, 4.69) is 0 Å². The lowest BCUT2D eigenvalue weighted by Crippen LogP contribution is -2.55. The van der Waals surface area contributed by atoms with Crippen LogP contribution in [0.4, 0.5) is 0 Å². The molecule has 1 saturated carbocycles. The molecule has 1 unspecified atom stereocenters. The highest BCUT2D eigenvalue weighted by Gasteiger charge is 2.55. The molecule has 1 saturated heterocycles. The predicted octanol–water partition coefficient (Wildman–Crippen LogP) is 3.23. The van der Waals surface area contributed by atoms with Crippen LogP contribution in [0.15, 0.2) is 29.2 Å². The van der Waals surface area contributed by atoms with Crippen LogP contribution in [0.25, 0.3) is 0 Å². The molecule has 1 amide bonds. The second-order valence-corrected chi connectivity index (χ2v) is 10.2. The molecule has 3 rings (SSSR count). The monoisotopic (exact) mass is 427 g/mol. The Hall–Kier alpha value is -1.60. The van der Waals surface area contributed by atoms with Crippen LogP contribution in [0.5, 0.6) is 0 Å². The van der Waals surface area contributed by atoms with Crippen LogP contribution in [-0.4, -0.2) is 49.6 Å². The third-order valence-corrected chi connectivity index (χ3v) is 8.52. The predicted molar refractivity (Wildman–Crippen MR) is 106 cm³/mol. The molecule has 0 radical (unpaired) electrons. The van der Waals surface area contributed by atoms with E-state index in [1.807, 2.05) is 0 Å². The van der Waals surface area contributed by atoms with E-state index in [4.69, 9.17) is 16.3 Å². The third kappa shape index (κ3) is 3.79. The zero-order chi connectivity index (χ0) is 20.4. The minimum Gasteiger partial charge on any atom is -0.466 e. The minimum atomic E-state index is -3.88. The second-order valence-electron chi connectivity index (χ2n) is 7.50. The largest absolute Gasteiger partial charge is 0.466 e. The van der Waals surface area contributed by atoms with Gasteiger partial charge in [0.15, 0.2) is 14.6 Å². The molecule has 0 aromatic heterocycles. The lowest BCUT2D eigenvalue weighted by molar-refractivity contribution is -0.151. The zero-order valence-electron chi connectivity index (χ0n) is 16.0. The Morgan fingerprint density at radius 2 is 1.82 bits per heavy atom. The fraction of sp³-hybridized carbons (Fsp3) is 0.600. The van der Waals surface area contributed by atoms with Gasteiger partial charge in [0.05, 0.1) is 17.4 Å². The quantitative estimate of drug-likeness (QED) is 0.674. The summed E-state index contributed by atoms with van der Waals surface area (Å²) in [7, 11) is -3.88. The Labute approximate surface area is 171 Å². The second kappa shape index (κ2) is 8.41. The lowest BCUT2D eigenvalue weighted by atomic mass is 9.96. The van der Waals surface area contributed by atoms with Gasteiger partial charge in [-0.3, -0.25) is 9.59 Å². The van der Waals surface area contributed by atoms with Crippen molar-refractivity contribution in [1.29, 1.82) is 0 Å². The Morgan fingerprint density at radius 3 is 2.43 bits per heavy atom. The van der Waals surface area contributed by atoms with Gasteiger partial charge in [-0.25, -0.2) is 8.42 Å². The molecule has 1 aromatic carbocycles. The highest BCUT2D eigenvalue weighted by Crippen LogP contribution is 2.42. The van der Waals surface area contributed by atoms with Crippen molar-refractivity contribution < 1.29 is 22.7 Å². The third-order valence-electron chi connectivity index (χ3n) is 5.77. The van der Waals surface area contributed by atoms with Gasteiger partial charge in [0.2, 0.25) is 5.91 Å². The Kier molecular flexibility index (Phi) is 6.34. The van der Waals surface area contributed by atoms with Crippen molar-refractivity contribution >= 4 is 33.3 Å².